The molecule has 0 saturated carbocycles. The second-order valence-electron chi connectivity index (χ2n) is 4.03. The SMILES string of the molecule is COCCOCCNC(=O)c1cc(Br)cc(N)c1C. The number of nitrogen functional groups attached to an aromatic ring is 1. The van der Waals surface area contributed by atoms with Crippen molar-refractivity contribution in [2.45, 2.75) is 6.92 Å². The minimum atomic E-state index is -0.152. The first kappa shape index (κ1) is 15.9. The second-order valence-corrected chi connectivity index (χ2v) is 4.94. The fraction of sp³-hybridized carbons (Fsp3) is 0.462. The van der Waals surface area contributed by atoms with Gasteiger partial charge in [0.05, 0.1) is 19.8 Å². The lowest BCUT2D eigenvalue weighted by Crippen LogP contribution is -2.28. The van der Waals surface area contributed by atoms with Crippen LogP contribution in [0.15, 0.2) is 16.6 Å². The molecular formula is C13H19BrN2O3. The van der Waals surface area contributed by atoms with E-state index < -0.39 is 0 Å². The molecule has 1 aromatic rings. The van der Waals surface area contributed by atoms with Gasteiger partial charge in [-0.1, -0.05) is 15.9 Å². The summed E-state index contributed by atoms with van der Waals surface area (Å²) < 4.78 is 10.9. The first-order valence-electron chi connectivity index (χ1n) is 5.96. The van der Waals surface area contributed by atoms with Crippen LogP contribution in [-0.4, -0.2) is 39.4 Å². The van der Waals surface area contributed by atoms with E-state index in [1.54, 1.807) is 19.2 Å². The summed E-state index contributed by atoms with van der Waals surface area (Å²) in [6, 6.07) is 3.53. The van der Waals surface area contributed by atoms with Crippen molar-refractivity contribution < 1.29 is 14.3 Å². The quantitative estimate of drug-likeness (QED) is 0.590. The standard InChI is InChI=1S/C13H19BrN2O3/c1-9-11(7-10(14)8-12(9)15)13(17)16-3-4-19-6-5-18-2/h7-8H,3-6,15H2,1-2H3,(H,16,17). The van der Waals surface area contributed by atoms with Crippen molar-refractivity contribution >= 4 is 27.5 Å². The van der Waals surface area contributed by atoms with Crippen molar-refractivity contribution in [3.8, 4) is 0 Å². The molecular weight excluding hydrogens is 312 g/mol. The number of rotatable bonds is 7. The lowest BCUT2D eigenvalue weighted by molar-refractivity contribution is 0.0692. The smallest absolute Gasteiger partial charge is 0.251 e. The van der Waals surface area contributed by atoms with Gasteiger partial charge in [-0.25, -0.2) is 0 Å². The maximum absolute atomic E-state index is 12.0. The highest BCUT2D eigenvalue weighted by molar-refractivity contribution is 9.10. The van der Waals surface area contributed by atoms with Gasteiger partial charge in [-0.2, -0.15) is 0 Å². The maximum Gasteiger partial charge on any atom is 0.251 e. The highest BCUT2D eigenvalue weighted by atomic mass is 79.9. The van der Waals surface area contributed by atoms with Gasteiger partial charge < -0.3 is 20.5 Å². The van der Waals surface area contributed by atoms with Gasteiger partial charge >= 0.3 is 0 Å². The van der Waals surface area contributed by atoms with Crippen LogP contribution in [-0.2, 0) is 9.47 Å². The van der Waals surface area contributed by atoms with E-state index in [0.29, 0.717) is 37.6 Å². The number of nitrogens with one attached hydrogen (secondary N) is 1. The Hall–Kier alpha value is -1.11. The lowest BCUT2D eigenvalue weighted by atomic mass is 10.1. The molecule has 0 heterocycles. The van der Waals surface area contributed by atoms with Crippen LogP contribution in [0, 0.1) is 6.92 Å². The molecule has 5 nitrogen and oxygen atoms in total. The molecule has 1 amide bonds. The Morgan fingerprint density at radius 2 is 2.11 bits per heavy atom. The molecule has 0 aliphatic rings. The highest BCUT2D eigenvalue weighted by Crippen LogP contribution is 2.22. The Bertz CT molecular complexity index is 438. The molecule has 19 heavy (non-hydrogen) atoms. The number of carbonyl (C=O) groups excluding carboxylic acids is 1. The van der Waals surface area contributed by atoms with Gasteiger partial charge in [0.25, 0.3) is 5.91 Å². The molecule has 106 valence electrons. The Morgan fingerprint density at radius 1 is 1.37 bits per heavy atom. The number of anilines is 1. The molecule has 1 rings (SSSR count). The maximum atomic E-state index is 12.0. The molecule has 1 aromatic carbocycles. The zero-order chi connectivity index (χ0) is 14.3. The summed E-state index contributed by atoms with van der Waals surface area (Å²) in [5.74, 6) is -0.152. The van der Waals surface area contributed by atoms with Gasteiger partial charge in [-0.3, -0.25) is 4.79 Å². The van der Waals surface area contributed by atoms with Gasteiger partial charge in [0, 0.05) is 29.4 Å². The first-order chi connectivity index (χ1) is 9.06. The Balaban J connectivity index is 2.46. The van der Waals surface area contributed by atoms with Crippen molar-refractivity contribution in [3.63, 3.8) is 0 Å². The lowest BCUT2D eigenvalue weighted by Gasteiger charge is -2.10. The molecule has 0 atom stereocenters. The molecule has 3 N–H and O–H groups in total. The van der Waals surface area contributed by atoms with Crippen LogP contribution in [0.2, 0.25) is 0 Å². The topological polar surface area (TPSA) is 73.6 Å². The number of benzene rings is 1. The van der Waals surface area contributed by atoms with Crippen LogP contribution < -0.4 is 11.1 Å². The van der Waals surface area contributed by atoms with Crippen molar-refractivity contribution in [1.29, 1.82) is 0 Å². The summed E-state index contributed by atoms with van der Waals surface area (Å²) >= 11 is 3.33. The van der Waals surface area contributed by atoms with Crippen LogP contribution in [0.25, 0.3) is 0 Å². The number of nitrogens with two attached hydrogens (primary N) is 1. The van der Waals surface area contributed by atoms with E-state index >= 15 is 0 Å². The van der Waals surface area contributed by atoms with E-state index in [1.807, 2.05) is 6.92 Å². The first-order valence-corrected chi connectivity index (χ1v) is 6.76. The number of carbonyl (C=O) groups is 1. The van der Waals surface area contributed by atoms with Crippen molar-refractivity contribution in [2.24, 2.45) is 0 Å². The van der Waals surface area contributed by atoms with Crippen molar-refractivity contribution in [3.05, 3.63) is 27.7 Å². The molecule has 6 heteroatoms. The third-order valence-corrected chi connectivity index (χ3v) is 3.08. The number of methoxy groups -OCH3 is 1. The fourth-order valence-electron chi connectivity index (χ4n) is 1.51. The summed E-state index contributed by atoms with van der Waals surface area (Å²) in [5, 5.41) is 2.79. The van der Waals surface area contributed by atoms with E-state index in [-0.39, 0.29) is 5.91 Å². The van der Waals surface area contributed by atoms with Crippen LogP contribution in [0.1, 0.15) is 15.9 Å². The fourth-order valence-corrected chi connectivity index (χ4v) is 1.99. The number of hydrogen-bond donors (Lipinski definition) is 2. The molecule has 0 fully saturated rings. The summed E-state index contributed by atoms with van der Waals surface area (Å²) in [4.78, 5) is 12.0. The number of hydrogen-bond acceptors (Lipinski definition) is 4. The molecule has 0 aliphatic heterocycles. The number of amides is 1. The predicted molar refractivity (Wildman–Crippen MR) is 78.3 cm³/mol. The number of halogens is 1. The van der Waals surface area contributed by atoms with Gasteiger partial charge in [-0.05, 0) is 24.6 Å². The van der Waals surface area contributed by atoms with Crippen LogP contribution in [0.5, 0.6) is 0 Å². The van der Waals surface area contributed by atoms with Gasteiger partial charge in [-0.15, -0.1) is 0 Å². The van der Waals surface area contributed by atoms with E-state index in [2.05, 4.69) is 21.2 Å². The Morgan fingerprint density at radius 3 is 2.79 bits per heavy atom. The summed E-state index contributed by atoms with van der Waals surface area (Å²) in [5.41, 5.74) is 7.77. The third-order valence-electron chi connectivity index (χ3n) is 2.62. The van der Waals surface area contributed by atoms with Gasteiger partial charge in [0.1, 0.15) is 0 Å². The van der Waals surface area contributed by atoms with Crippen molar-refractivity contribution in [2.75, 3.05) is 39.2 Å². The van der Waals surface area contributed by atoms with Crippen LogP contribution in [0.4, 0.5) is 5.69 Å². The summed E-state index contributed by atoms with van der Waals surface area (Å²) in [6.07, 6.45) is 0. The summed E-state index contributed by atoms with van der Waals surface area (Å²) in [7, 11) is 1.62. The van der Waals surface area contributed by atoms with Crippen molar-refractivity contribution in [1.82, 2.24) is 5.32 Å². The van der Waals surface area contributed by atoms with E-state index in [4.69, 9.17) is 15.2 Å². The van der Waals surface area contributed by atoms with Crippen LogP contribution in [0.3, 0.4) is 0 Å². The van der Waals surface area contributed by atoms with E-state index in [0.717, 1.165) is 10.0 Å². The largest absolute Gasteiger partial charge is 0.398 e. The Labute approximate surface area is 121 Å². The molecule has 0 saturated heterocycles. The molecule has 0 aliphatic carbocycles. The minimum Gasteiger partial charge on any atom is -0.398 e. The molecule has 0 radical (unpaired) electrons. The zero-order valence-corrected chi connectivity index (χ0v) is 12.7. The average molecular weight is 331 g/mol. The molecule has 0 unspecified atom stereocenters. The van der Waals surface area contributed by atoms with E-state index in [1.165, 1.54) is 0 Å². The third kappa shape index (κ3) is 5.18. The highest BCUT2D eigenvalue weighted by Gasteiger charge is 2.11. The summed E-state index contributed by atoms with van der Waals surface area (Å²) in [6.45, 7) is 3.81. The average Bonchev–Trinajstić information content (AvgIpc) is 2.37. The monoisotopic (exact) mass is 330 g/mol. The zero-order valence-electron chi connectivity index (χ0n) is 11.2. The number of ether oxygens (including phenoxy) is 2. The van der Waals surface area contributed by atoms with Gasteiger partial charge in [0.15, 0.2) is 0 Å². The Kier molecular flexibility index (Phi) is 6.83. The second kappa shape index (κ2) is 8.14. The predicted octanol–water partition coefficient (Wildman–Crippen LogP) is 1.73. The normalized spacial score (nSPS) is 10.5. The molecule has 0 aromatic heterocycles. The molecule has 0 bridgehead atoms. The molecule has 0 spiro atoms. The van der Waals surface area contributed by atoms with Gasteiger partial charge in [0.2, 0.25) is 0 Å². The van der Waals surface area contributed by atoms with E-state index in [9.17, 15) is 4.79 Å². The van der Waals surface area contributed by atoms with Crippen LogP contribution >= 0.6 is 15.9 Å². The minimum absolute atomic E-state index is 0.152.